The summed E-state index contributed by atoms with van der Waals surface area (Å²) in [7, 11) is 0. The second-order valence-electron chi connectivity index (χ2n) is 9.46. The second-order valence-corrected chi connectivity index (χ2v) is 9.46. The molecule has 188 valence electrons. The van der Waals surface area contributed by atoms with E-state index in [0.29, 0.717) is 25.3 Å². The molecule has 2 fully saturated rings. The van der Waals surface area contributed by atoms with Gasteiger partial charge in [0.05, 0.1) is 6.61 Å². The number of anilines is 1. The monoisotopic (exact) mass is 478 g/mol. The topological polar surface area (TPSA) is 73.9 Å². The van der Waals surface area contributed by atoms with Crippen molar-refractivity contribution in [3.8, 4) is 5.75 Å². The van der Waals surface area contributed by atoms with Crippen LogP contribution < -0.4 is 15.4 Å². The van der Waals surface area contributed by atoms with Crippen LogP contribution in [0.15, 0.2) is 48.5 Å². The van der Waals surface area contributed by atoms with Gasteiger partial charge in [-0.25, -0.2) is 4.79 Å². The average Bonchev–Trinajstić information content (AvgIpc) is 2.90. The first-order valence-electron chi connectivity index (χ1n) is 13.0. The lowest BCUT2D eigenvalue weighted by Crippen LogP contribution is -2.41. The molecule has 2 N–H and O–H groups in total. The first-order chi connectivity index (χ1) is 17.1. The van der Waals surface area contributed by atoms with Gasteiger partial charge in [-0.15, -0.1) is 0 Å². The molecule has 2 aromatic carbocycles. The number of piperidine rings is 2. The Morgan fingerprint density at radius 2 is 1.80 bits per heavy atom. The number of nitrogens with zero attached hydrogens (tertiary/aromatic N) is 2. The molecule has 3 amide bonds. The maximum Gasteiger partial charge on any atom is 0.321 e. The van der Waals surface area contributed by atoms with E-state index in [4.69, 9.17) is 4.74 Å². The largest absolute Gasteiger partial charge is 0.494 e. The number of hydrogen-bond acceptors (Lipinski definition) is 4. The summed E-state index contributed by atoms with van der Waals surface area (Å²) in [4.78, 5) is 29.9. The third kappa shape index (κ3) is 7.21. The maximum atomic E-state index is 12.9. The molecule has 2 saturated heterocycles. The molecule has 7 nitrogen and oxygen atoms in total. The van der Waals surface area contributed by atoms with Crippen LogP contribution in [0.2, 0.25) is 0 Å². The number of benzene rings is 2. The Balaban J connectivity index is 1.30. The summed E-state index contributed by atoms with van der Waals surface area (Å²) >= 11 is 0. The zero-order valence-electron chi connectivity index (χ0n) is 20.8. The number of carbonyl (C=O) groups excluding carboxylic acids is 2. The molecule has 0 spiro atoms. The number of rotatable bonds is 8. The van der Waals surface area contributed by atoms with Crippen LogP contribution in [0.1, 0.15) is 60.9 Å². The fraction of sp³-hybridized carbons (Fsp3) is 0.500. The first kappa shape index (κ1) is 25.0. The number of hydrogen-bond donors (Lipinski definition) is 2. The Labute approximate surface area is 208 Å². The van der Waals surface area contributed by atoms with Gasteiger partial charge in [0, 0.05) is 43.3 Å². The minimum absolute atomic E-state index is 0.0234. The lowest BCUT2D eigenvalue weighted by molar-refractivity contribution is 0.0946. The van der Waals surface area contributed by atoms with Gasteiger partial charge in [-0.1, -0.05) is 18.6 Å². The zero-order valence-corrected chi connectivity index (χ0v) is 20.8. The van der Waals surface area contributed by atoms with Crippen LogP contribution in [0.25, 0.3) is 0 Å². The average molecular weight is 479 g/mol. The van der Waals surface area contributed by atoms with Crippen molar-refractivity contribution in [1.82, 2.24) is 15.1 Å². The van der Waals surface area contributed by atoms with Crippen LogP contribution in [0.5, 0.6) is 5.75 Å². The second kappa shape index (κ2) is 12.6. The SMILES string of the molecule is CCOc1ccc(NC(=O)N2CCCC(c3cccc(C(=O)NCCN4CCCCC4)c3)C2)cc1. The van der Waals surface area contributed by atoms with Gasteiger partial charge in [0.2, 0.25) is 0 Å². The first-order valence-corrected chi connectivity index (χ1v) is 13.0. The van der Waals surface area contributed by atoms with Gasteiger partial charge in [0.1, 0.15) is 5.75 Å². The minimum atomic E-state index is -0.0922. The van der Waals surface area contributed by atoms with Gasteiger partial charge >= 0.3 is 6.03 Å². The van der Waals surface area contributed by atoms with Crippen LogP contribution in [0.4, 0.5) is 10.5 Å². The molecule has 2 aromatic rings. The fourth-order valence-electron chi connectivity index (χ4n) is 4.98. The van der Waals surface area contributed by atoms with Gasteiger partial charge < -0.3 is 25.2 Å². The summed E-state index contributed by atoms with van der Waals surface area (Å²) in [6.45, 7) is 7.78. The maximum absolute atomic E-state index is 12.9. The molecule has 0 aliphatic carbocycles. The van der Waals surface area contributed by atoms with E-state index in [1.54, 1.807) is 0 Å². The van der Waals surface area contributed by atoms with Gasteiger partial charge in [0.15, 0.2) is 0 Å². The third-order valence-electron chi connectivity index (χ3n) is 6.91. The predicted molar refractivity (Wildman–Crippen MR) is 139 cm³/mol. The molecular weight excluding hydrogens is 440 g/mol. The van der Waals surface area contributed by atoms with Crippen LogP contribution >= 0.6 is 0 Å². The molecule has 2 aliphatic rings. The van der Waals surface area contributed by atoms with Crippen molar-refractivity contribution in [2.24, 2.45) is 0 Å². The summed E-state index contributed by atoms with van der Waals surface area (Å²) in [6, 6.07) is 15.2. The molecule has 0 saturated carbocycles. The molecule has 4 rings (SSSR count). The molecular formula is C28H38N4O3. The predicted octanol–water partition coefficient (Wildman–Crippen LogP) is 4.71. The van der Waals surface area contributed by atoms with E-state index in [2.05, 4.69) is 21.6 Å². The molecule has 2 aliphatic heterocycles. The Morgan fingerprint density at radius 1 is 1.00 bits per heavy atom. The van der Waals surface area contributed by atoms with Crippen LogP contribution in [0, 0.1) is 0 Å². The summed E-state index contributed by atoms with van der Waals surface area (Å²) in [5.74, 6) is 0.986. The summed E-state index contributed by atoms with van der Waals surface area (Å²) in [6.07, 6.45) is 5.78. The number of urea groups is 1. The molecule has 1 atom stereocenters. The Morgan fingerprint density at radius 3 is 2.57 bits per heavy atom. The van der Waals surface area contributed by atoms with E-state index in [0.717, 1.165) is 56.0 Å². The van der Waals surface area contributed by atoms with Crippen molar-refractivity contribution in [2.75, 3.05) is 51.2 Å². The van der Waals surface area contributed by atoms with Crippen LogP contribution in [-0.2, 0) is 0 Å². The zero-order chi connectivity index (χ0) is 24.5. The fourth-order valence-corrected chi connectivity index (χ4v) is 4.98. The number of amides is 3. The molecule has 1 unspecified atom stereocenters. The highest BCUT2D eigenvalue weighted by molar-refractivity contribution is 5.94. The highest BCUT2D eigenvalue weighted by atomic mass is 16.5. The summed E-state index contributed by atoms with van der Waals surface area (Å²) < 4.78 is 5.47. The van der Waals surface area contributed by atoms with E-state index >= 15 is 0 Å². The number of likely N-dealkylation sites (tertiary alicyclic amines) is 2. The van der Waals surface area contributed by atoms with Crippen molar-refractivity contribution in [3.63, 3.8) is 0 Å². The quantitative estimate of drug-likeness (QED) is 0.576. The highest BCUT2D eigenvalue weighted by Crippen LogP contribution is 2.28. The summed E-state index contributed by atoms with van der Waals surface area (Å²) in [5.41, 5.74) is 2.56. The van der Waals surface area contributed by atoms with Gasteiger partial charge in [-0.3, -0.25) is 4.79 Å². The van der Waals surface area contributed by atoms with Crippen LogP contribution in [-0.4, -0.2) is 67.6 Å². The lowest BCUT2D eigenvalue weighted by atomic mass is 9.89. The summed E-state index contributed by atoms with van der Waals surface area (Å²) in [5, 5.41) is 6.07. The van der Waals surface area contributed by atoms with E-state index in [-0.39, 0.29) is 17.9 Å². The van der Waals surface area contributed by atoms with Crippen molar-refractivity contribution in [2.45, 2.75) is 44.9 Å². The Kier molecular flexibility index (Phi) is 9.01. The lowest BCUT2D eigenvalue weighted by Gasteiger charge is -2.33. The van der Waals surface area contributed by atoms with E-state index in [9.17, 15) is 9.59 Å². The molecule has 0 bridgehead atoms. The van der Waals surface area contributed by atoms with Crippen molar-refractivity contribution < 1.29 is 14.3 Å². The Hall–Kier alpha value is -3.06. The normalized spacial score (nSPS) is 18.7. The van der Waals surface area contributed by atoms with Gasteiger partial charge in [-0.05, 0) is 87.7 Å². The number of ether oxygens (including phenoxy) is 1. The Bertz CT molecular complexity index is 972. The molecule has 7 heteroatoms. The van der Waals surface area contributed by atoms with Crippen molar-refractivity contribution in [1.29, 1.82) is 0 Å². The van der Waals surface area contributed by atoms with Gasteiger partial charge in [-0.2, -0.15) is 0 Å². The van der Waals surface area contributed by atoms with Crippen LogP contribution in [0.3, 0.4) is 0 Å². The standard InChI is InChI=1S/C28H38N4O3/c1-2-35-26-13-11-25(12-14-26)30-28(34)32-18-7-10-24(21-32)22-8-6-9-23(20-22)27(33)29-15-19-31-16-4-3-5-17-31/h6,8-9,11-14,20,24H,2-5,7,10,15-19,21H2,1H3,(H,29,33)(H,30,34). The van der Waals surface area contributed by atoms with Gasteiger partial charge in [0.25, 0.3) is 5.91 Å². The molecule has 0 aromatic heterocycles. The van der Waals surface area contributed by atoms with Crippen molar-refractivity contribution >= 4 is 17.6 Å². The molecule has 0 radical (unpaired) electrons. The molecule has 2 heterocycles. The van der Waals surface area contributed by atoms with E-state index in [1.165, 1.54) is 19.3 Å². The minimum Gasteiger partial charge on any atom is -0.494 e. The van der Waals surface area contributed by atoms with E-state index < -0.39 is 0 Å². The number of carbonyl (C=O) groups is 2. The highest BCUT2D eigenvalue weighted by Gasteiger charge is 2.25. The smallest absolute Gasteiger partial charge is 0.321 e. The molecule has 35 heavy (non-hydrogen) atoms. The van der Waals surface area contributed by atoms with Crippen molar-refractivity contribution in [3.05, 3.63) is 59.7 Å². The third-order valence-corrected chi connectivity index (χ3v) is 6.91. The number of nitrogens with one attached hydrogen (secondary N) is 2. The van der Waals surface area contributed by atoms with E-state index in [1.807, 2.05) is 54.3 Å².